The predicted molar refractivity (Wildman–Crippen MR) is 109 cm³/mol. The van der Waals surface area contributed by atoms with Crippen LogP contribution in [0.1, 0.15) is 13.3 Å². The smallest absolute Gasteiger partial charge is 0.237 e. The maximum Gasteiger partial charge on any atom is 0.237 e. The summed E-state index contributed by atoms with van der Waals surface area (Å²) in [5.41, 5.74) is 2.72. The summed E-state index contributed by atoms with van der Waals surface area (Å²) < 4.78 is 0. The zero-order valence-corrected chi connectivity index (χ0v) is 15.2. The van der Waals surface area contributed by atoms with Crippen molar-refractivity contribution >= 4 is 45.2 Å². The Morgan fingerprint density at radius 3 is 2.65 bits per heavy atom. The lowest BCUT2D eigenvalue weighted by Gasteiger charge is -2.13. The zero-order valence-electron chi connectivity index (χ0n) is 14.4. The molecule has 4 rings (SSSR count). The first-order valence-electron chi connectivity index (χ1n) is 8.64. The molecule has 4 aromatic rings. The Balaban J connectivity index is 1.50. The number of hydrogen-bond acceptors (Lipinski definition) is 3. The highest BCUT2D eigenvalue weighted by Crippen LogP contribution is 2.27. The second kappa shape index (κ2) is 7.22. The van der Waals surface area contributed by atoms with E-state index in [1.165, 1.54) is 11.8 Å². The summed E-state index contributed by atoms with van der Waals surface area (Å²) in [5.74, 6) is -0.00626. The van der Waals surface area contributed by atoms with Crippen LogP contribution in [0.4, 0.5) is 5.69 Å². The summed E-state index contributed by atoms with van der Waals surface area (Å²) in [5, 5.41) is 5.88. The highest BCUT2D eigenvalue weighted by Gasteiger charge is 2.20. The van der Waals surface area contributed by atoms with Gasteiger partial charge in [-0.15, -0.1) is 0 Å². The number of imidazole rings is 1. The Bertz CT molecular complexity index is 1040. The van der Waals surface area contributed by atoms with Gasteiger partial charge in [0.25, 0.3) is 0 Å². The number of nitrogens with zero attached hydrogens (tertiary/aromatic N) is 1. The van der Waals surface area contributed by atoms with E-state index in [0.717, 1.165) is 39.1 Å². The molecule has 5 heteroatoms. The number of fused-ring (bicyclic) bond motifs is 2. The van der Waals surface area contributed by atoms with E-state index >= 15 is 0 Å². The molecule has 1 atom stereocenters. The minimum atomic E-state index is -0.206. The van der Waals surface area contributed by atoms with Crippen LogP contribution >= 0.6 is 11.8 Å². The van der Waals surface area contributed by atoms with Gasteiger partial charge in [-0.1, -0.05) is 61.2 Å². The molecule has 0 aliphatic heterocycles. The van der Waals surface area contributed by atoms with Crippen LogP contribution in [-0.2, 0) is 4.79 Å². The van der Waals surface area contributed by atoms with E-state index in [9.17, 15) is 4.79 Å². The van der Waals surface area contributed by atoms with Crippen LogP contribution in [0.15, 0.2) is 71.9 Å². The van der Waals surface area contributed by atoms with Gasteiger partial charge in [0.1, 0.15) is 0 Å². The van der Waals surface area contributed by atoms with Crippen LogP contribution in [0.5, 0.6) is 0 Å². The Morgan fingerprint density at radius 2 is 1.85 bits per heavy atom. The number of anilines is 1. The Labute approximate surface area is 156 Å². The van der Waals surface area contributed by atoms with E-state index in [2.05, 4.69) is 21.4 Å². The van der Waals surface area contributed by atoms with Crippen molar-refractivity contribution in [1.29, 1.82) is 0 Å². The molecule has 0 spiro atoms. The molecule has 26 heavy (non-hydrogen) atoms. The number of aromatic nitrogens is 2. The fourth-order valence-electron chi connectivity index (χ4n) is 2.93. The van der Waals surface area contributed by atoms with Crippen molar-refractivity contribution in [2.75, 3.05) is 5.32 Å². The molecule has 0 fully saturated rings. The number of carbonyl (C=O) groups is 1. The van der Waals surface area contributed by atoms with E-state index in [1.807, 2.05) is 67.6 Å². The average molecular weight is 361 g/mol. The first-order valence-corrected chi connectivity index (χ1v) is 9.52. The van der Waals surface area contributed by atoms with Gasteiger partial charge in [-0.05, 0) is 41.5 Å². The molecule has 1 heterocycles. The Kier molecular flexibility index (Phi) is 4.63. The number of amides is 1. The van der Waals surface area contributed by atoms with Gasteiger partial charge in [-0.2, -0.15) is 0 Å². The fourth-order valence-corrected chi connectivity index (χ4v) is 3.85. The third-order valence-corrected chi connectivity index (χ3v) is 5.55. The first kappa shape index (κ1) is 16.7. The van der Waals surface area contributed by atoms with Crippen LogP contribution < -0.4 is 5.32 Å². The number of hydrogen-bond donors (Lipinski definition) is 2. The van der Waals surface area contributed by atoms with Gasteiger partial charge >= 0.3 is 0 Å². The minimum Gasteiger partial charge on any atom is -0.333 e. The van der Waals surface area contributed by atoms with Crippen LogP contribution in [0.3, 0.4) is 0 Å². The van der Waals surface area contributed by atoms with Crippen molar-refractivity contribution in [2.45, 2.75) is 23.8 Å². The highest BCUT2D eigenvalue weighted by molar-refractivity contribution is 8.00. The van der Waals surface area contributed by atoms with Crippen molar-refractivity contribution in [1.82, 2.24) is 9.97 Å². The molecule has 0 bridgehead atoms. The van der Waals surface area contributed by atoms with E-state index in [1.54, 1.807) is 0 Å². The normalized spacial score (nSPS) is 12.3. The number of H-pyrrole nitrogens is 1. The van der Waals surface area contributed by atoms with E-state index in [-0.39, 0.29) is 11.2 Å². The van der Waals surface area contributed by atoms with E-state index in [4.69, 9.17) is 0 Å². The maximum absolute atomic E-state index is 12.7. The number of rotatable bonds is 5. The van der Waals surface area contributed by atoms with Crippen LogP contribution in [0.2, 0.25) is 0 Å². The highest BCUT2D eigenvalue weighted by atomic mass is 32.2. The van der Waals surface area contributed by atoms with Gasteiger partial charge in [0, 0.05) is 5.69 Å². The summed E-state index contributed by atoms with van der Waals surface area (Å²) in [7, 11) is 0. The monoisotopic (exact) mass is 361 g/mol. The number of carbonyl (C=O) groups excluding carboxylic acids is 1. The molecule has 0 aliphatic rings. The third kappa shape index (κ3) is 3.44. The number of nitrogens with one attached hydrogen (secondary N) is 2. The zero-order chi connectivity index (χ0) is 17.9. The topological polar surface area (TPSA) is 57.8 Å². The molecule has 1 amide bonds. The van der Waals surface area contributed by atoms with Gasteiger partial charge in [0.05, 0.1) is 16.3 Å². The van der Waals surface area contributed by atoms with Crippen molar-refractivity contribution < 1.29 is 4.79 Å². The summed E-state index contributed by atoms with van der Waals surface area (Å²) in [4.78, 5) is 20.6. The van der Waals surface area contributed by atoms with Crippen LogP contribution in [0.25, 0.3) is 21.8 Å². The maximum atomic E-state index is 12.7. The molecule has 130 valence electrons. The lowest BCUT2D eigenvalue weighted by Crippen LogP contribution is -2.24. The molecular formula is C21H19N3OS. The van der Waals surface area contributed by atoms with Gasteiger partial charge < -0.3 is 10.3 Å². The molecule has 3 aromatic carbocycles. The second-order valence-electron chi connectivity index (χ2n) is 6.13. The van der Waals surface area contributed by atoms with Crippen molar-refractivity contribution in [3.8, 4) is 0 Å². The summed E-state index contributed by atoms with van der Waals surface area (Å²) in [6.45, 7) is 2.01. The lowest BCUT2D eigenvalue weighted by molar-refractivity contribution is -0.115. The van der Waals surface area contributed by atoms with Gasteiger partial charge in [-0.3, -0.25) is 4.79 Å². The summed E-state index contributed by atoms with van der Waals surface area (Å²) >= 11 is 1.47. The van der Waals surface area contributed by atoms with Crippen LogP contribution in [-0.4, -0.2) is 21.1 Å². The SMILES string of the molecule is CCC(Sc1nc2ccccc2[nH]1)C(=O)Nc1ccc2ccccc2c1. The molecular weight excluding hydrogens is 342 g/mol. The number of benzene rings is 3. The molecule has 2 N–H and O–H groups in total. The van der Waals surface area contributed by atoms with Crippen LogP contribution in [0, 0.1) is 0 Å². The first-order chi connectivity index (χ1) is 12.7. The number of para-hydroxylation sites is 2. The molecule has 1 aromatic heterocycles. The number of thioether (sulfide) groups is 1. The average Bonchev–Trinajstić information content (AvgIpc) is 3.08. The molecule has 1 unspecified atom stereocenters. The van der Waals surface area contributed by atoms with E-state index in [0.29, 0.717) is 0 Å². The minimum absolute atomic E-state index is 0.00626. The standard InChI is InChI=1S/C21H19N3OS/c1-2-19(26-21-23-17-9-5-6-10-18(17)24-21)20(25)22-16-12-11-14-7-3-4-8-15(14)13-16/h3-13,19H,2H2,1H3,(H,22,25)(H,23,24). The summed E-state index contributed by atoms with van der Waals surface area (Å²) in [6, 6.07) is 22.0. The fraction of sp³-hybridized carbons (Fsp3) is 0.143. The van der Waals surface area contributed by atoms with Crippen molar-refractivity contribution in [3.63, 3.8) is 0 Å². The molecule has 0 saturated carbocycles. The molecule has 0 saturated heterocycles. The van der Waals surface area contributed by atoms with E-state index < -0.39 is 0 Å². The molecule has 0 radical (unpaired) electrons. The molecule has 0 aliphatic carbocycles. The number of aromatic amines is 1. The van der Waals surface area contributed by atoms with Gasteiger partial charge in [0.2, 0.25) is 5.91 Å². The largest absolute Gasteiger partial charge is 0.333 e. The van der Waals surface area contributed by atoms with Gasteiger partial charge in [0.15, 0.2) is 5.16 Å². The van der Waals surface area contributed by atoms with Gasteiger partial charge in [-0.25, -0.2) is 4.98 Å². The lowest BCUT2D eigenvalue weighted by atomic mass is 10.1. The molecule has 4 nitrogen and oxygen atoms in total. The van der Waals surface area contributed by atoms with Crippen molar-refractivity contribution in [2.24, 2.45) is 0 Å². The second-order valence-corrected chi connectivity index (χ2v) is 7.32. The quantitative estimate of drug-likeness (QED) is 0.479. The third-order valence-electron chi connectivity index (χ3n) is 4.30. The van der Waals surface area contributed by atoms with Crippen molar-refractivity contribution in [3.05, 3.63) is 66.7 Å². The Hall–Kier alpha value is -2.79. The Morgan fingerprint density at radius 1 is 1.08 bits per heavy atom. The summed E-state index contributed by atoms with van der Waals surface area (Å²) in [6.07, 6.45) is 0.723. The predicted octanol–water partition coefficient (Wildman–Crippen LogP) is 5.23.